The molecule has 0 aromatic rings. The summed E-state index contributed by atoms with van der Waals surface area (Å²) in [4.78, 5) is 23.1. The van der Waals surface area contributed by atoms with Crippen LogP contribution < -0.4 is 0 Å². The molecule has 1 fully saturated rings. The van der Waals surface area contributed by atoms with Crippen molar-refractivity contribution in [3.63, 3.8) is 0 Å². The lowest BCUT2D eigenvalue weighted by atomic mass is 9.68. The minimum absolute atomic E-state index is 0.0734. The van der Waals surface area contributed by atoms with Gasteiger partial charge >= 0.3 is 11.9 Å². The van der Waals surface area contributed by atoms with E-state index in [1.54, 1.807) is 6.08 Å². The van der Waals surface area contributed by atoms with Crippen molar-refractivity contribution in [1.82, 2.24) is 0 Å². The molecule has 0 bridgehead atoms. The highest BCUT2D eigenvalue weighted by atomic mass is 16.5. The third-order valence-corrected chi connectivity index (χ3v) is 3.39. The molecule has 2 rings (SSSR count). The molecule has 2 N–H and O–H groups in total. The van der Waals surface area contributed by atoms with E-state index in [4.69, 9.17) is 9.84 Å². The number of hydrogen-bond donors (Lipinski definition) is 2. The van der Waals surface area contributed by atoms with E-state index < -0.39 is 17.4 Å². The average Bonchev–Trinajstić information content (AvgIpc) is 2.60. The molecule has 17 heavy (non-hydrogen) atoms. The van der Waals surface area contributed by atoms with Gasteiger partial charge in [-0.05, 0) is 24.8 Å². The van der Waals surface area contributed by atoms with Crippen molar-refractivity contribution in [2.45, 2.75) is 19.3 Å². The van der Waals surface area contributed by atoms with E-state index in [-0.39, 0.29) is 18.8 Å². The predicted molar refractivity (Wildman–Crippen MR) is 58.1 cm³/mol. The van der Waals surface area contributed by atoms with Crippen LogP contribution in [0.2, 0.25) is 0 Å². The normalized spacial score (nSPS) is 30.5. The van der Waals surface area contributed by atoms with Crippen molar-refractivity contribution < 1.29 is 24.5 Å². The standard InChI is InChI=1S/C12H14O5/c13-6-4-8-7-17-11(16)12(8)5-2-1-3-9(12)10(14)15/h3-4,13H,1-2,5-7H2,(H,14,15)/b8-4+. The van der Waals surface area contributed by atoms with Gasteiger partial charge in [-0.15, -0.1) is 0 Å². The van der Waals surface area contributed by atoms with Gasteiger partial charge in [-0.25, -0.2) is 4.79 Å². The Kier molecular flexibility index (Phi) is 3.02. The first-order chi connectivity index (χ1) is 8.13. The molecule has 1 aliphatic heterocycles. The van der Waals surface area contributed by atoms with Crippen LogP contribution >= 0.6 is 0 Å². The van der Waals surface area contributed by atoms with Gasteiger partial charge in [-0.1, -0.05) is 12.2 Å². The molecular weight excluding hydrogens is 224 g/mol. The van der Waals surface area contributed by atoms with Crippen LogP contribution in [-0.2, 0) is 14.3 Å². The maximum atomic E-state index is 11.9. The molecular formula is C12H14O5. The van der Waals surface area contributed by atoms with Gasteiger partial charge < -0.3 is 14.9 Å². The van der Waals surface area contributed by atoms with E-state index in [0.717, 1.165) is 6.42 Å². The summed E-state index contributed by atoms with van der Waals surface area (Å²) in [5, 5.41) is 18.1. The first-order valence-corrected chi connectivity index (χ1v) is 5.54. The zero-order valence-electron chi connectivity index (χ0n) is 9.31. The molecule has 0 saturated carbocycles. The highest BCUT2D eigenvalue weighted by molar-refractivity contribution is 6.01. The fourth-order valence-corrected chi connectivity index (χ4v) is 2.60. The SMILES string of the molecule is O=C(O)C1=CCCCC12C(=O)OC/C2=C\CO. The Bertz CT molecular complexity index is 421. The summed E-state index contributed by atoms with van der Waals surface area (Å²) < 4.78 is 4.97. The summed E-state index contributed by atoms with van der Waals surface area (Å²) in [5.41, 5.74) is -0.503. The summed E-state index contributed by atoms with van der Waals surface area (Å²) in [5.74, 6) is -1.60. The monoisotopic (exact) mass is 238 g/mol. The molecule has 1 saturated heterocycles. The molecule has 0 aromatic carbocycles. The quantitative estimate of drug-likeness (QED) is 0.545. The summed E-state index contributed by atoms with van der Waals surface area (Å²) in [6.07, 6.45) is 4.91. The first kappa shape index (κ1) is 11.9. The number of hydrogen-bond acceptors (Lipinski definition) is 4. The van der Waals surface area contributed by atoms with Crippen molar-refractivity contribution in [1.29, 1.82) is 0 Å². The molecule has 1 spiro atoms. The molecule has 5 heteroatoms. The van der Waals surface area contributed by atoms with Gasteiger partial charge in [0.1, 0.15) is 12.0 Å². The van der Waals surface area contributed by atoms with Gasteiger partial charge in [0.15, 0.2) is 0 Å². The highest BCUT2D eigenvalue weighted by Crippen LogP contribution is 2.48. The Morgan fingerprint density at radius 2 is 2.35 bits per heavy atom. The fourth-order valence-electron chi connectivity index (χ4n) is 2.60. The zero-order chi connectivity index (χ0) is 12.5. The van der Waals surface area contributed by atoms with Crippen LogP contribution in [0, 0.1) is 5.41 Å². The van der Waals surface area contributed by atoms with Crippen molar-refractivity contribution >= 4 is 11.9 Å². The van der Waals surface area contributed by atoms with Crippen molar-refractivity contribution in [2.75, 3.05) is 13.2 Å². The average molecular weight is 238 g/mol. The van der Waals surface area contributed by atoms with Crippen molar-refractivity contribution in [2.24, 2.45) is 5.41 Å². The second-order valence-electron chi connectivity index (χ2n) is 4.21. The van der Waals surface area contributed by atoms with E-state index >= 15 is 0 Å². The Hall–Kier alpha value is -1.62. The largest absolute Gasteiger partial charge is 0.478 e. The number of carbonyl (C=O) groups is 2. The Morgan fingerprint density at radius 3 is 3.00 bits per heavy atom. The van der Waals surface area contributed by atoms with Gasteiger partial charge in [0.05, 0.1) is 12.2 Å². The number of carboxylic acids is 1. The topological polar surface area (TPSA) is 83.8 Å². The second-order valence-corrected chi connectivity index (χ2v) is 4.21. The number of aliphatic hydroxyl groups is 1. The van der Waals surface area contributed by atoms with E-state index in [2.05, 4.69) is 0 Å². The van der Waals surface area contributed by atoms with Gasteiger partial charge in [-0.2, -0.15) is 0 Å². The summed E-state index contributed by atoms with van der Waals surface area (Å²) in [6, 6.07) is 0. The Balaban J connectivity index is 2.53. The van der Waals surface area contributed by atoms with Crippen LogP contribution in [0.4, 0.5) is 0 Å². The summed E-state index contributed by atoms with van der Waals surface area (Å²) in [6.45, 7) is -0.148. The van der Waals surface area contributed by atoms with Crippen molar-refractivity contribution in [3.8, 4) is 0 Å². The van der Waals surface area contributed by atoms with Gasteiger partial charge in [0.25, 0.3) is 0 Å². The number of aliphatic carboxylic acids is 1. The molecule has 1 atom stereocenters. The molecule has 2 aliphatic rings. The van der Waals surface area contributed by atoms with Gasteiger partial charge in [0, 0.05) is 0 Å². The molecule has 0 radical (unpaired) electrons. The number of carboxylic acid groups (broad SMARTS) is 1. The first-order valence-electron chi connectivity index (χ1n) is 5.54. The van der Waals surface area contributed by atoms with Crippen LogP contribution in [0.15, 0.2) is 23.3 Å². The van der Waals surface area contributed by atoms with Crippen LogP contribution in [-0.4, -0.2) is 35.4 Å². The van der Waals surface area contributed by atoms with E-state index in [1.165, 1.54) is 6.08 Å². The van der Waals surface area contributed by atoms with Crippen LogP contribution in [0.5, 0.6) is 0 Å². The number of aliphatic hydroxyl groups excluding tert-OH is 1. The number of cyclic esters (lactones) is 1. The maximum Gasteiger partial charge on any atom is 0.332 e. The number of rotatable bonds is 2. The third-order valence-electron chi connectivity index (χ3n) is 3.39. The Morgan fingerprint density at radius 1 is 1.59 bits per heavy atom. The maximum absolute atomic E-state index is 11.9. The number of carbonyl (C=O) groups excluding carboxylic acids is 1. The third kappa shape index (κ3) is 1.67. The minimum Gasteiger partial charge on any atom is -0.478 e. The minimum atomic E-state index is -1.16. The number of esters is 1. The van der Waals surface area contributed by atoms with E-state index in [9.17, 15) is 14.7 Å². The summed E-state index contributed by atoms with van der Waals surface area (Å²) >= 11 is 0. The lowest BCUT2D eigenvalue weighted by molar-refractivity contribution is -0.147. The number of ether oxygens (including phenoxy) is 1. The van der Waals surface area contributed by atoms with Gasteiger partial charge in [-0.3, -0.25) is 4.79 Å². The molecule has 0 amide bonds. The predicted octanol–water partition coefficient (Wildman–Crippen LogP) is 0.643. The second kappa shape index (κ2) is 4.33. The molecule has 1 aliphatic carbocycles. The molecule has 5 nitrogen and oxygen atoms in total. The zero-order valence-corrected chi connectivity index (χ0v) is 9.31. The smallest absolute Gasteiger partial charge is 0.332 e. The van der Waals surface area contributed by atoms with Crippen LogP contribution in [0.3, 0.4) is 0 Å². The lowest BCUT2D eigenvalue weighted by Crippen LogP contribution is -2.36. The van der Waals surface area contributed by atoms with E-state index in [1.807, 2.05) is 0 Å². The molecule has 1 unspecified atom stereocenters. The lowest BCUT2D eigenvalue weighted by Gasteiger charge is -2.30. The highest BCUT2D eigenvalue weighted by Gasteiger charge is 2.53. The summed E-state index contributed by atoms with van der Waals surface area (Å²) in [7, 11) is 0. The molecule has 1 heterocycles. The van der Waals surface area contributed by atoms with Crippen LogP contribution in [0.1, 0.15) is 19.3 Å². The molecule has 0 aromatic heterocycles. The fraction of sp³-hybridized carbons (Fsp3) is 0.500. The van der Waals surface area contributed by atoms with Crippen molar-refractivity contribution in [3.05, 3.63) is 23.3 Å². The van der Waals surface area contributed by atoms with Gasteiger partial charge in [0.2, 0.25) is 0 Å². The van der Waals surface area contributed by atoms with E-state index in [0.29, 0.717) is 18.4 Å². The number of allylic oxidation sites excluding steroid dienone is 1. The Labute approximate surface area is 98.4 Å². The van der Waals surface area contributed by atoms with Crippen LogP contribution in [0.25, 0.3) is 0 Å². The molecule has 92 valence electrons.